The number of benzene rings is 2. The maximum atomic E-state index is 13.5. The van der Waals surface area contributed by atoms with Crippen molar-refractivity contribution in [2.75, 3.05) is 32.8 Å². The van der Waals surface area contributed by atoms with Gasteiger partial charge in [-0.2, -0.15) is 0 Å². The summed E-state index contributed by atoms with van der Waals surface area (Å²) in [4.78, 5) is 30.6. The van der Waals surface area contributed by atoms with Gasteiger partial charge in [-0.05, 0) is 68.4 Å². The van der Waals surface area contributed by atoms with E-state index in [1.807, 2.05) is 43.3 Å². The second kappa shape index (κ2) is 13.2. The lowest BCUT2D eigenvalue weighted by Crippen LogP contribution is -2.34. The van der Waals surface area contributed by atoms with Gasteiger partial charge in [0.2, 0.25) is 5.78 Å². The van der Waals surface area contributed by atoms with E-state index in [0.717, 1.165) is 25.2 Å². The Labute approximate surface area is 229 Å². The van der Waals surface area contributed by atoms with E-state index in [9.17, 15) is 14.7 Å². The highest BCUT2D eigenvalue weighted by Crippen LogP contribution is 2.42. The average molecular weight is 533 g/mol. The lowest BCUT2D eigenvalue weighted by Gasteiger charge is -2.28. The number of Topliss-reactive ketones (excluding diaryl/α,β-unsaturated/α-hetero) is 1. The molecule has 0 spiro atoms. The zero-order valence-electron chi connectivity index (χ0n) is 22.8. The number of ether oxygens (including phenoxy) is 2. The maximum absolute atomic E-state index is 13.5. The summed E-state index contributed by atoms with van der Waals surface area (Å²) < 4.78 is 17.3. The fraction of sp³-hybridized carbons (Fsp3) is 0.355. The van der Waals surface area contributed by atoms with Crippen LogP contribution >= 0.6 is 0 Å². The minimum absolute atomic E-state index is 0.00167. The Morgan fingerprint density at radius 3 is 2.44 bits per heavy atom. The van der Waals surface area contributed by atoms with Crippen molar-refractivity contribution >= 4 is 11.7 Å². The van der Waals surface area contributed by atoms with E-state index in [2.05, 4.69) is 18.7 Å². The molecule has 0 aliphatic carbocycles. The van der Waals surface area contributed by atoms with Gasteiger partial charge in [0, 0.05) is 6.54 Å². The molecule has 1 N–H and O–H groups in total. The molecule has 0 bridgehead atoms. The number of carbonyl (C=O) groups excluding carboxylic acids is 2. The van der Waals surface area contributed by atoms with Crippen molar-refractivity contribution in [2.24, 2.45) is 0 Å². The average Bonchev–Trinajstić information content (AvgIpc) is 3.58. The number of nitrogens with zero attached hydrogens (tertiary/aromatic N) is 2. The first-order chi connectivity index (χ1) is 19.0. The molecule has 1 atom stereocenters. The van der Waals surface area contributed by atoms with Crippen molar-refractivity contribution in [3.63, 3.8) is 0 Å². The van der Waals surface area contributed by atoms with Gasteiger partial charge in [0.15, 0.2) is 23.0 Å². The van der Waals surface area contributed by atoms with Crippen molar-refractivity contribution in [1.82, 2.24) is 9.80 Å². The lowest BCUT2D eigenvalue weighted by atomic mass is 9.94. The molecule has 1 aliphatic rings. The highest BCUT2D eigenvalue weighted by molar-refractivity contribution is 6.15. The monoisotopic (exact) mass is 532 g/mol. The van der Waals surface area contributed by atoms with E-state index in [4.69, 9.17) is 13.9 Å². The Bertz CT molecular complexity index is 1280. The van der Waals surface area contributed by atoms with Crippen molar-refractivity contribution in [2.45, 2.75) is 39.8 Å². The second-order valence-corrected chi connectivity index (χ2v) is 9.26. The SMILES string of the molecule is CCOc1cc(C2C(C(=O)c3ccco3)=C(O)C(=O)N2CCCN(CC)CC)ccc1OCc1ccccc1. The van der Waals surface area contributed by atoms with Gasteiger partial charge in [0.25, 0.3) is 5.91 Å². The Hall–Kier alpha value is -4.04. The molecule has 2 heterocycles. The molecule has 2 aromatic carbocycles. The van der Waals surface area contributed by atoms with Crippen LogP contribution in [0.5, 0.6) is 11.5 Å². The number of aliphatic hydroxyl groups excluding tert-OH is 1. The summed E-state index contributed by atoms with van der Waals surface area (Å²) in [6.07, 6.45) is 2.08. The van der Waals surface area contributed by atoms with E-state index >= 15 is 0 Å². The Balaban J connectivity index is 1.67. The van der Waals surface area contributed by atoms with Crippen molar-refractivity contribution in [3.05, 3.63) is 95.1 Å². The van der Waals surface area contributed by atoms with Crippen LogP contribution in [0.1, 0.15) is 54.9 Å². The van der Waals surface area contributed by atoms with Crippen LogP contribution in [0.2, 0.25) is 0 Å². The third kappa shape index (κ3) is 6.34. The molecule has 0 saturated carbocycles. The first-order valence-electron chi connectivity index (χ1n) is 13.5. The number of carbonyl (C=O) groups is 2. The second-order valence-electron chi connectivity index (χ2n) is 9.26. The van der Waals surface area contributed by atoms with Gasteiger partial charge in [0.1, 0.15) is 6.61 Å². The molecule has 206 valence electrons. The summed E-state index contributed by atoms with van der Waals surface area (Å²) in [6.45, 7) is 9.81. The van der Waals surface area contributed by atoms with E-state index in [0.29, 0.717) is 43.2 Å². The van der Waals surface area contributed by atoms with Crippen LogP contribution < -0.4 is 9.47 Å². The number of amides is 1. The van der Waals surface area contributed by atoms with Gasteiger partial charge in [-0.1, -0.05) is 50.2 Å². The van der Waals surface area contributed by atoms with Crippen LogP contribution in [0.3, 0.4) is 0 Å². The van der Waals surface area contributed by atoms with E-state index in [1.165, 1.54) is 12.3 Å². The van der Waals surface area contributed by atoms with Crippen molar-refractivity contribution < 1.29 is 28.6 Å². The summed E-state index contributed by atoms with van der Waals surface area (Å²) in [5, 5.41) is 10.9. The lowest BCUT2D eigenvalue weighted by molar-refractivity contribution is -0.129. The first-order valence-corrected chi connectivity index (χ1v) is 13.5. The molecular weight excluding hydrogens is 496 g/mol. The molecule has 1 aromatic heterocycles. The molecule has 39 heavy (non-hydrogen) atoms. The molecule has 0 radical (unpaired) electrons. The number of hydrogen-bond acceptors (Lipinski definition) is 7. The Morgan fingerprint density at radius 2 is 1.77 bits per heavy atom. The van der Waals surface area contributed by atoms with Crippen LogP contribution in [0.25, 0.3) is 0 Å². The van der Waals surface area contributed by atoms with Gasteiger partial charge in [-0.15, -0.1) is 0 Å². The summed E-state index contributed by atoms with van der Waals surface area (Å²) in [6, 6.07) is 17.5. The topological polar surface area (TPSA) is 92.5 Å². The number of hydrogen-bond donors (Lipinski definition) is 1. The van der Waals surface area contributed by atoms with E-state index in [1.54, 1.807) is 23.1 Å². The highest BCUT2D eigenvalue weighted by atomic mass is 16.5. The van der Waals surface area contributed by atoms with E-state index < -0.39 is 23.5 Å². The molecule has 0 fully saturated rings. The van der Waals surface area contributed by atoms with Crippen molar-refractivity contribution in [3.8, 4) is 11.5 Å². The fourth-order valence-electron chi connectivity index (χ4n) is 4.83. The van der Waals surface area contributed by atoms with Crippen LogP contribution in [0.15, 0.2) is 82.7 Å². The number of aliphatic hydroxyl groups is 1. The summed E-state index contributed by atoms with van der Waals surface area (Å²) >= 11 is 0. The summed E-state index contributed by atoms with van der Waals surface area (Å²) in [7, 11) is 0. The number of furan rings is 1. The smallest absolute Gasteiger partial charge is 0.290 e. The molecule has 4 rings (SSSR count). The highest BCUT2D eigenvalue weighted by Gasteiger charge is 2.44. The van der Waals surface area contributed by atoms with Crippen LogP contribution in [-0.4, -0.2) is 59.4 Å². The number of ketones is 1. The molecule has 0 saturated heterocycles. The van der Waals surface area contributed by atoms with E-state index in [-0.39, 0.29) is 11.3 Å². The normalized spacial score (nSPS) is 15.3. The van der Waals surface area contributed by atoms with Crippen molar-refractivity contribution in [1.29, 1.82) is 0 Å². The summed E-state index contributed by atoms with van der Waals surface area (Å²) in [5.41, 5.74) is 1.66. The third-order valence-electron chi connectivity index (χ3n) is 6.88. The van der Waals surface area contributed by atoms with Gasteiger partial charge in [-0.25, -0.2) is 0 Å². The molecule has 8 heteroatoms. The summed E-state index contributed by atoms with van der Waals surface area (Å²) in [5.74, 6) is -0.535. The molecule has 3 aromatic rings. The van der Waals surface area contributed by atoms with Crippen LogP contribution in [0.4, 0.5) is 0 Å². The molecule has 1 unspecified atom stereocenters. The largest absolute Gasteiger partial charge is 0.503 e. The minimum Gasteiger partial charge on any atom is -0.503 e. The minimum atomic E-state index is -0.797. The van der Waals surface area contributed by atoms with Crippen LogP contribution in [-0.2, 0) is 11.4 Å². The molecule has 1 aliphatic heterocycles. The predicted molar refractivity (Wildman–Crippen MR) is 148 cm³/mol. The molecular formula is C31H36N2O6. The quantitative estimate of drug-likeness (QED) is 0.272. The standard InChI is InChI=1S/C31H36N2O6/c1-4-32(5-2)17-11-18-33-28(27(30(35)31(33)36)29(34)25-14-10-19-38-25)23-15-16-24(26(20-23)37-6-3)39-21-22-12-8-7-9-13-22/h7-10,12-16,19-20,28,35H,4-6,11,17-18,21H2,1-3H3. The Kier molecular flexibility index (Phi) is 9.44. The van der Waals surface area contributed by atoms with Gasteiger partial charge >= 0.3 is 0 Å². The van der Waals surface area contributed by atoms with Gasteiger partial charge in [0.05, 0.1) is 24.5 Å². The van der Waals surface area contributed by atoms with Gasteiger partial charge in [-0.3, -0.25) is 9.59 Å². The number of rotatable bonds is 14. The predicted octanol–water partition coefficient (Wildman–Crippen LogP) is 5.57. The van der Waals surface area contributed by atoms with Crippen LogP contribution in [0, 0.1) is 0 Å². The Morgan fingerprint density at radius 1 is 1.00 bits per heavy atom. The third-order valence-corrected chi connectivity index (χ3v) is 6.88. The molecule has 1 amide bonds. The first kappa shape index (κ1) is 28.0. The zero-order chi connectivity index (χ0) is 27.8. The maximum Gasteiger partial charge on any atom is 0.290 e. The zero-order valence-corrected chi connectivity index (χ0v) is 22.8. The fourth-order valence-corrected chi connectivity index (χ4v) is 4.83. The van der Waals surface area contributed by atoms with Gasteiger partial charge < -0.3 is 28.8 Å². The molecule has 8 nitrogen and oxygen atoms in total.